The Hall–Kier alpha value is -5.93. The molecule has 0 aliphatic carbocycles. The van der Waals surface area contributed by atoms with E-state index in [0.29, 0.717) is 0 Å². The van der Waals surface area contributed by atoms with Crippen LogP contribution in [0.1, 0.15) is 25.2 Å². The zero-order valence-corrected chi connectivity index (χ0v) is 26.4. The minimum atomic E-state index is -0.517. The Bertz CT molecular complexity index is 2370. The SMILES string of the molecule is CC(C)(c1cccc(-c2ccccc2)n1)c1nc(-c2ccccc2)ccc1-c1cccc2cccc(-c3ccc4ncccc4c3)c12. The molecule has 8 rings (SSSR count). The molecule has 0 bridgehead atoms. The molecule has 0 spiro atoms. The van der Waals surface area contributed by atoms with Crippen molar-refractivity contribution in [2.75, 3.05) is 0 Å². The molecule has 47 heavy (non-hydrogen) atoms. The first-order valence-electron chi connectivity index (χ1n) is 16.0. The third-order valence-corrected chi connectivity index (χ3v) is 9.12. The lowest BCUT2D eigenvalue weighted by molar-refractivity contribution is 0.599. The molecule has 224 valence electrons. The second kappa shape index (κ2) is 11.8. The highest BCUT2D eigenvalue weighted by atomic mass is 14.8. The van der Waals surface area contributed by atoms with E-state index in [-0.39, 0.29) is 0 Å². The molecule has 0 aliphatic rings. The zero-order valence-electron chi connectivity index (χ0n) is 26.4. The third kappa shape index (κ3) is 5.26. The monoisotopic (exact) mass is 603 g/mol. The summed E-state index contributed by atoms with van der Waals surface area (Å²) in [5.74, 6) is 0. The highest BCUT2D eigenvalue weighted by molar-refractivity contribution is 6.07. The van der Waals surface area contributed by atoms with Gasteiger partial charge in [-0.25, -0.2) is 0 Å². The number of benzene rings is 5. The van der Waals surface area contributed by atoms with Crippen molar-refractivity contribution in [3.05, 3.63) is 175 Å². The molecular formula is C44H33N3. The topological polar surface area (TPSA) is 38.7 Å². The van der Waals surface area contributed by atoms with Crippen molar-refractivity contribution < 1.29 is 0 Å². The van der Waals surface area contributed by atoms with Crippen LogP contribution in [-0.4, -0.2) is 15.0 Å². The van der Waals surface area contributed by atoms with Crippen LogP contribution in [0.3, 0.4) is 0 Å². The van der Waals surface area contributed by atoms with Crippen LogP contribution in [0.25, 0.3) is 66.4 Å². The predicted molar refractivity (Wildman–Crippen MR) is 195 cm³/mol. The number of hydrogen-bond donors (Lipinski definition) is 0. The molecule has 3 nitrogen and oxygen atoms in total. The highest BCUT2D eigenvalue weighted by Crippen LogP contribution is 2.43. The average molecular weight is 604 g/mol. The molecular weight excluding hydrogens is 571 g/mol. The van der Waals surface area contributed by atoms with Gasteiger partial charge in [0.15, 0.2) is 0 Å². The summed E-state index contributed by atoms with van der Waals surface area (Å²) in [7, 11) is 0. The second-order valence-electron chi connectivity index (χ2n) is 12.5. The van der Waals surface area contributed by atoms with Gasteiger partial charge < -0.3 is 0 Å². The van der Waals surface area contributed by atoms with Gasteiger partial charge in [0.25, 0.3) is 0 Å². The molecule has 0 unspecified atom stereocenters. The number of aromatic nitrogens is 3. The Morgan fingerprint density at radius 1 is 0.447 bits per heavy atom. The van der Waals surface area contributed by atoms with Gasteiger partial charge in [-0.2, -0.15) is 0 Å². The average Bonchev–Trinajstić information content (AvgIpc) is 3.14. The molecule has 0 aliphatic heterocycles. The Morgan fingerprint density at radius 2 is 1.11 bits per heavy atom. The summed E-state index contributed by atoms with van der Waals surface area (Å²) >= 11 is 0. The normalized spacial score (nSPS) is 11.6. The van der Waals surface area contributed by atoms with E-state index in [1.807, 2.05) is 24.4 Å². The summed E-state index contributed by atoms with van der Waals surface area (Å²) < 4.78 is 0. The first-order chi connectivity index (χ1) is 23.1. The van der Waals surface area contributed by atoms with Crippen LogP contribution >= 0.6 is 0 Å². The Kier molecular flexibility index (Phi) is 7.15. The van der Waals surface area contributed by atoms with E-state index < -0.39 is 5.41 Å². The third-order valence-electron chi connectivity index (χ3n) is 9.12. The van der Waals surface area contributed by atoms with Crippen LogP contribution < -0.4 is 0 Å². The molecule has 3 aromatic heterocycles. The molecule has 0 saturated heterocycles. The minimum Gasteiger partial charge on any atom is -0.256 e. The maximum absolute atomic E-state index is 5.47. The number of hydrogen-bond acceptors (Lipinski definition) is 3. The van der Waals surface area contributed by atoms with Crippen molar-refractivity contribution in [2.45, 2.75) is 19.3 Å². The van der Waals surface area contributed by atoms with E-state index in [9.17, 15) is 0 Å². The lowest BCUT2D eigenvalue weighted by Crippen LogP contribution is -2.24. The molecule has 0 N–H and O–H groups in total. The maximum atomic E-state index is 5.47. The van der Waals surface area contributed by atoms with Crippen LogP contribution in [0.5, 0.6) is 0 Å². The minimum absolute atomic E-state index is 0.517. The predicted octanol–water partition coefficient (Wildman–Crippen LogP) is 11.2. The van der Waals surface area contributed by atoms with Crippen LogP contribution in [0.4, 0.5) is 0 Å². The smallest absolute Gasteiger partial charge is 0.0706 e. The van der Waals surface area contributed by atoms with Gasteiger partial charge in [-0.1, -0.05) is 121 Å². The van der Waals surface area contributed by atoms with Gasteiger partial charge in [-0.3, -0.25) is 15.0 Å². The summed E-state index contributed by atoms with van der Waals surface area (Å²) in [6.07, 6.45) is 1.85. The molecule has 0 radical (unpaired) electrons. The van der Waals surface area contributed by atoms with Crippen molar-refractivity contribution in [1.82, 2.24) is 15.0 Å². The van der Waals surface area contributed by atoms with Gasteiger partial charge in [-0.05, 0) is 77.7 Å². The van der Waals surface area contributed by atoms with Crippen molar-refractivity contribution in [3.8, 4) is 44.8 Å². The molecule has 0 amide bonds. The van der Waals surface area contributed by atoms with E-state index >= 15 is 0 Å². The van der Waals surface area contributed by atoms with Crippen molar-refractivity contribution in [2.24, 2.45) is 0 Å². The highest BCUT2D eigenvalue weighted by Gasteiger charge is 2.31. The molecule has 5 aromatic carbocycles. The molecule has 0 atom stereocenters. The fourth-order valence-electron chi connectivity index (χ4n) is 6.65. The first kappa shape index (κ1) is 28.5. The van der Waals surface area contributed by atoms with Gasteiger partial charge in [0.1, 0.15) is 0 Å². The van der Waals surface area contributed by atoms with Gasteiger partial charge in [0, 0.05) is 33.7 Å². The lowest BCUT2D eigenvalue weighted by atomic mass is 9.79. The second-order valence-corrected chi connectivity index (χ2v) is 12.5. The first-order valence-corrected chi connectivity index (χ1v) is 16.0. The number of fused-ring (bicyclic) bond motifs is 2. The van der Waals surface area contributed by atoms with E-state index in [0.717, 1.165) is 61.5 Å². The van der Waals surface area contributed by atoms with Crippen LogP contribution in [-0.2, 0) is 5.41 Å². The van der Waals surface area contributed by atoms with E-state index in [4.69, 9.17) is 9.97 Å². The fraction of sp³-hybridized carbons (Fsp3) is 0.0682. The summed E-state index contributed by atoms with van der Waals surface area (Å²) in [6, 6.07) is 55.4. The molecule has 0 fully saturated rings. The molecule has 0 saturated carbocycles. The summed E-state index contributed by atoms with van der Waals surface area (Å²) in [6.45, 7) is 4.49. The Balaban J connectivity index is 1.37. The van der Waals surface area contributed by atoms with Gasteiger partial charge in [0.2, 0.25) is 0 Å². The maximum Gasteiger partial charge on any atom is 0.0706 e. The molecule has 3 heteroatoms. The Morgan fingerprint density at radius 3 is 1.85 bits per heavy atom. The van der Waals surface area contributed by atoms with Crippen LogP contribution in [0.15, 0.2) is 164 Å². The fourth-order valence-corrected chi connectivity index (χ4v) is 6.65. The standard InChI is InChI=1S/C44H33N3/c1-44(2,41-23-11-22-39(46-41)30-13-5-3-6-14-30)43-37(25-27-40(47-43)31-15-7-4-8-16-31)36-21-10-18-32-17-9-20-35(42(32)36)33-24-26-38-34(29-33)19-12-28-45-38/h3-29H,1-2H3. The summed E-state index contributed by atoms with van der Waals surface area (Å²) in [5, 5.41) is 3.52. The van der Waals surface area contributed by atoms with E-state index in [2.05, 4.69) is 158 Å². The Labute approximate surface area is 275 Å². The summed E-state index contributed by atoms with van der Waals surface area (Å²) in [5.41, 5.74) is 11.1. The van der Waals surface area contributed by atoms with Gasteiger partial charge in [-0.15, -0.1) is 0 Å². The summed E-state index contributed by atoms with van der Waals surface area (Å²) in [4.78, 5) is 15.3. The van der Waals surface area contributed by atoms with E-state index in [1.54, 1.807) is 0 Å². The van der Waals surface area contributed by atoms with Crippen LogP contribution in [0.2, 0.25) is 0 Å². The van der Waals surface area contributed by atoms with Gasteiger partial charge in [0.05, 0.1) is 28.3 Å². The van der Waals surface area contributed by atoms with Crippen molar-refractivity contribution >= 4 is 21.7 Å². The zero-order chi connectivity index (χ0) is 31.8. The van der Waals surface area contributed by atoms with Crippen molar-refractivity contribution in [3.63, 3.8) is 0 Å². The van der Waals surface area contributed by atoms with Gasteiger partial charge >= 0.3 is 0 Å². The molecule has 8 aromatic rings. The van der Waals surface area contributed by atoms with Crippen molar-refractivity contribution in [1.29, 1.82) is 0 Å². The number of pyridine rings is 3. The van der Waals surface area contributed by atoms with Crippen LogP contribution in [0, 0.1) is 0 Å². The quantitative estimate of drug-likeness (QED) is 0.190. The number of nitrogens with zero attached hydrogens (tertiary/aromatic N) is 3. The molecule has 3 heterocycles. The lowest BCUT2D eigenvalue weighted by Gasteiger charge is -2.28. The largest absolute Gasteiger partial charge is 0.256 e. The van der Waals surface area contributed by atoms with E-state index in [1.165, 1.54) is 16.3 Å². The number of rotatable bonds is 6.